The monoisotopic (exact) mass is 241 g/mol. The van der Waals surface area contributed by atoms with Crippen LogP contribution < -0.4 is 16.4 Å². The maximum absolute atomic E-state index is 12.8. The first kappa shape index (κ1) is 12.4. The van der Waals surface area contributed by atoms with Crippen molar-refractivity contribution in [3.63, 3.8) is 0 Å². The Morgan fingerprint density at radius 1 is 1.56 bits per heavy atom. The van der Waals surface area contributed by atoms with Gasteiger partial charge in [0.1, 0.15) is 5.82 Å². The minimum Gasteiger partial charge on any atom is -0.392 e. The molecule has 2 amide bonds. The minimum absolute atomic E-state index is 0.189. The number of amides is 2. The number of nitrogens with two attached hydrogens (primary N) is 1. The molecule has 1 unspecified atom stereocenters. The standard InChI is InChI=1S/C10H12FN3OS/c1-6(9(12)16)13-10(15)14-8-4-2-3-7(11)5-8/h2-6H,1H3,(H2,12,16)(H2,13,14,15). The lowest BCUT2D eigenvalue weighted by molar-refractivity contribution is 0.251. The van der Waals surface area contributed by atoms with E-state index in [-0.39, 0.29) is 4.99 Å². The van der Waals surface area contributed by atoms with Crippen LogP contribution in [0.2, 0.25) is 0 Å². The molecule has 0 aliphatic rings. The molecule has 0 saturated heterocycles. The van der Waals surface area contributed by atoms with Gasteiger partial charge in [-0.2, -0.15) is 0 Å². The largest absolute Gasteiger partial charge is 0.392 e. The summed E-state index contributed by atoms with van der Waals surface area (Å²) in [5, 5.41) is 4.97. The quantitative estimate of drug-likeness (QED) is 0.704. The zero-order valence-corrected chi connectivity index (χ0v) is 9.48. The summed E-state index contributed by atoms with van der Waals surface area (Å²) in [4.78, 5) is 11.6. The number of benzene rings is 1. The Bertz CT molecular complexity index is 411. The average Bonchev–Trinajstić information content (AvgIpc) is 2.16. The van der Waals surface area contributed by atoms with E-state index in [0.29, 0.717) is 5.69 Å². The van der Waals surface area contributed by atoms with Crippen LogP contribution in [0.4, 0.5) is 14.9 Å². The Kier molecular flexibility index (Phi) is 4.19. The molecule has 86 valence electrons. The van der Waals surface area contributed by atoms with Crippen LogP contribution in [-0.2, 0) is 0 Å². The van der Waals surface area contributed by atoms with E-state index in [1.54, 1.807) is 13.0 Å². The van der Waals surface area contributed by atoms with Gasteiger partial charge in [-0.3, -0.25) is 0 Å². The van der Waals surface area contributed by atoms with Crippen molar-refractivity contribution in [1.29, 1.82) is 0 Å². The van der Waals surface area contributed by atoms with Crippen LogP contribution in [0.25, 0.3) is 0 Å². The number of urea groups is 1. The molecule has 0 aliphatic carbocycles. The van der Waals surface area contributed by atoms with Crippen LogP contribution >= 0.6 is 12.2 Å². The lowest BCUT2D eigenvalue weighted by Crippen LogP contribution is -2.43. The van der Waals surface area contributed by atoms with Gasteiger partial charge in [0.05, 0.1) is 11.0 Å². The van der Waals surface area contributed by atoms with Crippen LogP contribution in [-0.4, -0.2) is 17.1 Å². The third-order valence-corrected chi connectivity index (χ3v) is 2.21. The first-order valence-corrected chi connectivity index (χ1v) is 5.02. The Balaban J connectivity index is 2.55. The molecule has 4 nitrogen and oxygen atoms in total. The molecule has 0 aliphatic heterocycles. The third-order valence-electron chi connectivity index (χ3n) is 1.86. The number of hydrogen-bond donors (Lipinski definition) is 3. The van der Waals surface area contributed by atoms with Gasteiger partial charge in [-0.25, -0.2) is 9.18 Å². The summed E-state index contributed by atoms with van der Waals surface area (Å²) in [5.74, 6) is -0.416. The van der Waals surface area contributed by atoms with Gasteiger partial charge < -0.3 is 16.4 Å². The molecule has 0 bridgehead atoms. The highest BCUT2D eigenvalue weighted by molar-refractivity contribution is 7.80. The normalized spacial score (nSPS) is 11.6. The second-order valence-corrected chi connectivity index (χ2v) is 3.70. The lowest BCUT2D eigenvalue weighted by Gasteiger charge is -2.12. The number of anilines is 1. The van der Waals surface area contributed by atoms with Crippen LogP contribution in [0.15, 0.2) is 24.3 Å². The topological polar surface area (TPSA) is 67.2 Å². The highest BCUT2D eigenvalue weighted by atomic mass is 32.1. The number of hydrogen-bond acceptors (Lipinski definition) is 2. The van der Waals surface area contributed by atoms with E-state index in [1.807, 2.05) is 0 Å². The molecule has 4 N–H and O–H groups in total. The Hall–Kier alpha value is -1.69. The van der Waals surface area contributed by atoms with E-state index in [2.05, 4.69) is 10.6 Å². The summed E-state index contributed by atoms with van der Waals surface area (Å²) < 4.78 is 12.8. The fraction of sp³-hybridized carbons (Fsp3) is 0.200. The lowest BCUT2D eigenvalue weighted by atomic mass is 10.3. The van der Waals surface area contributed by atoms with E-state index in [9.17, 15) is 9.18 Å². The summed E-state index contributed by atoms with van der Waals surface area (Å²) >= 11 is 4.70. The molecule has 0 fully saturated rings. The predicted molar refractivity (Wildman–Crippen MR) is 64.8 cm³/mol. The maximum atomic E-state index is 12.8. The summed E-state index contributed by atoms with van der Waals surface area (Å²) in [6, 6.07) is 4.69. The highest BCUT2D eigenvalue weighted by Crippen LogP contribution is 2.08. The van der Waals surface area contributed by atoms with Crippen molar-refractivity contribution >= 4 is 28.9 Å². The number of carbonyl (C=O) groups is 1. The van der Waals surface area contributed by atoms with E-state index in [0.717, 1.165) is 0 Å². The van der Waals surface area contributed by atoms with Crippen LogP contribution in [0.3, 0.4) is 0 Å². The molecule has 0 aromatic heterocycles. The summed E-state index contributed by atoms with van der Waals surface area (Å²) in [6.45, 7) is 1.66. The number of thiocarbonyl (C=S) groups is 1. The zero-order valence-electron chi connectivity index (χ0n) is 8.66. The number of halogens is 1. The minimum atomic E-state index is -0.481. The smallest absolute Gasteiger partial charge is 0.319 e. The van der Waals surface area contributed by atoms with Gasteiger partial charge in [-0.05, 0) is 25.1 Å². The molecule has 0 heterocycles. The average molecular weight is 241 g/mol. The molecular formula is C10H12FN3OS. The second kappa shape index (κ2) is 5.41. The fourth-order valence-corrected chi connectivity index (χ4v) is 1.06. The van der Waals surface area contributed by atoms with Crippen molar-refractivity contribution in [2.24, 2.45) is 5.73 Å². The van der Waals surface area contributed by atoms with Gasteiger partial charge in [-0.1, -0.05) is 18.3 Å². The molecule has 1 atom stereocenters. The Morgan fingerprint density at radius 3 is 2.81 bits per heavy atom. The van der Waals surface area contributed by atoms with Gasteiger partial charge in [0.25, 0.3) is 0 Å². The van der Waals surface area contributed by atoms with Crippen molar-refractivity contribution in [2.75, 3.05) is 5.32 Å². The van der Waals surface area contributed by atoms with Crippen LogP contribution in [0.1, 0.15) is 6.92 Å². The predicted octanol–water partition coefficient (Wildman–Crippen LogP) is 1.62. The maximum Gasteiger partial charge on any atom is 0.319 e. The number of carbonyl (C=O) groups excluding carboxylic acids is 1. The first-order valence-electron chi connectivity index (χ1n) is 4.61. The zero-order chi connectivity index (χ0) is 12.1. The van der Waals surface area contributed by atoms with Gasteiger partial charge in [0, 0.05) is 5.69 Å². The third kappa shape index (κ3) is 3.82. The fourth-order valence-electron chi connectivity index (χ4n) is 1.00. The van der Waals surface area contributed by atoms with Crippen LogP contribution in [0.5, 0.6) is 0 Å². The Morgan fingerprint density at radius 2 is 2.25 bits per heavy atom. The number of nitrogens with one attached hydrogen (secondary N) is 2. The molecule has 0 spiro atoms. The second-order valence-electron chi connectivity index (χ2n) is 3.23. The van der Waals surface area contributed by atoms with E-state index < -0.39 is 17.9 Å². The Labute approximate surface area is 98.0 Å². The first-order chi connectivity index (χ1) is 7.49. The number of rotatable bonds is 3. The van der Waals surface area contributed by atoms with E-state index >= 15 is 0 Å². The van der Waals surface area contributed by atoms with E-state index in [4.69, 9.17) is 18.0 Å². The summed E-state index contributed by atoms with van der Waals surface area (Å²) in [6.07, 6.45) is 0. The molecule has 1 aromatic rings. The van der Waals surface area contributed by atoms with Crippen LogP contribution in [0, 0.1) is 5.82 Å². The SMILES string of the molecule is CC(NC(=O)Nc1cccc(F)c1)C(N)=S. The molecular weight excluding hydrogens is 229 g/mol. The summed E-state index contributed by atoms with van der Waals surface area (Å²) in [7, 11) is 0. The highest BCUT2D eigenvalue weighted by Gasteiger charge is 2.09. The molecule has 1 aromatic carbocycles. The van der Waals surface area contributed by atoms with Gasteiger partial charge >= 0.3 is 6.03 Å². The molecule has 0 saturated carbocycles. The molecule has 16 heavy (non-hydrogen) atoms. The van der Waals surface area contributed by atoms with Gasteiger partial charge in [0.2, 0.25) is 0 Å². The van der Waals surface area contributed by atoms with Gasteiger partial charge in [0.15, 0.2) is 0 Å². The van der Waals surface area contributed by atoms with Crippen molar-refractivity contribution in [3.8, 4) is 0 Å². The van der Waals surface area contributed by atoms with Crippen molar-refractivity contribution in [2.45, 2.75) is 13.0 Å². The van der Waals surface area contributed by atoms with E-state index in [1.165, 1.54) is 18.2 Å². The summed E-state index contributed by atoms with van der Waals surface area (Å²) in [5.41, 5.74) is 5.70. The van der Waals surface area contributed by atoms with Crippen molar-refractivity contribution in [3.05, 3.63) is 30.1 Å². The van der Waals surface area contributed by atoms with Crippen molar-refractivity contribution < 1.29 is 9.18 Å². The van der Waals surface area contributed by atoms with Gasteiger partial charge in [-0.15, -0.1) is 0 Å². The molecule has 6 heteroatoms. The molecule has 1 rings (SSSR count). The molecule has 0 radical (unpaired) electrons. The van der Waals surface area contributed by atoms with Crippen molar-refractivity contribution in [1.82, 2.24) is 5.32 Å².